The quantitative estimate of drug-likeness (QED) is 0.826. The van der Waals surface area contributed by atoms with Gasteiger partial charge in [-0.15, -0.1) is 0 Å². The first-order valence-electron chi connectivity index (χ1n) is 8.44. The Kier molecular flexibility index (Phi) is 6.08. The smallest absolute Gasteiger partial charge is 0.0640 e. The van der Waals surface area contributed by atoms with E-state index in [1.54, 1.807) is 0 Å². The Balaban J connectivity index is 1.92. The third-order valence-electron chi connectivity index (χ3n) is 4.89. The molecule has 0 spiro atoms. The van der Waals surface area contributed by atoms with E-state index in [0.29, 0.717) is 6.04 Å². The minimum atomic E-state index is 0.614. The first kappa shape index (κ1) is 15.6. The molecule has 0 aromatic carbocycles. The van der Waals surface area contributed by atoms with Crippen LogP contribution < -0.4 is 5.32 Å². The van der Waals surface area contributed by atoms with Crippen LogP contribution in [0.25, 0.3) is 0 Å². The first-order valence-corrected chi connectivity index (χ1v) is 8.44. The molecule has 3 nitrogen and oxygen atoms in total. The summed E-state index contributed by atoms with van der Waals surface area (Å²) in [4.78, 5) is 0. The zero-order valence-electron chi connectivity index (χ0n) is 13.4. The van der Waals surface area contributed by atoms with Gasteiger partial charge >= 0.3 is 0 Å². The van der Waals surface area contributed by atoms with E-state index in [0.717, 1.165) is 24.8 Å². The van der Waals surface area contributed by atoms with E-state index in [9.17, 15) is 0 Å². The zero-order chi connectivity index (χ0) is 14.4. The molecule has 1 saturated carbocycles. The third-order valence-corrected chi connectivity index (χ3v) is 4.89. The Morgan fingerprint density at radius 2 is 2.05 bits per heavy atom. The van der Waals surface area contributed by atoms with Crippen LogP contribution in [0.2, 0.25) is 0 Å². The molecule has 0 aliphatic heterocycles. The molecule has 0 saturated heterocycles. The molecule has 1 aliphatic rings. The summed E-state index contributed by atoms with van der Waals surface area (Å²) < 4.78 is 1.92. The van der Waals surface area contributed by atoms with Gasteiger partial charge in [-0.2, -0.15) is 5.10 Å². The van der Waals surface area contributed by atoms with Crippen LogP contribution in [0.5, 0.6) is 0 Å². The van der Waals surface area contributed by atoms with Crippen molar-refractivity contribution >= 4 is 0 Å². The molecule has 114 valence electrons. The SMILES string of the molecule is CCCNC(Cc1ccn(C)n1)C1CCC(CC)CC1. The highest BCUT2D eigenvalue weighted by atomic mass is 15.2. The lowest BCUT2D eigenvalue weighted by Crippen LogP contribution is -2.40. The number of hydrogen-bond donors (Lipinski definition) is 1. The van der Waals surface area contributed by atoms with Crippen molar-refractivity contribution in [3.63, 3.8) is 0 Å². The molecule has 1 aromatic rings. The molecule has 0 amide bonds. The molecule has 0 radical (unpaired) electrons. The van der Waals surface area contributed by atoms with Gasteiger partial charge in [-0.25, -0.2) is 0 Å². The van der Waals surface area contributed by atoms with Crippen molar-refractivity contribution in [3.05, 3.63) is 18.0 Å². The molecule has 20 heavy (non-hydrogen) atoms. The number of nitrogens with zero attached hydrogens (tertiary/aromatic N) is 2. The normalized spacial score (nSPS) is 24.8. The van der Waals surface area contributed by atoms with Gasteiger partial charge in [0.15, 0.2) is 0 Å². The van der Waals surface area contributed by atoms with Crippen LogP contribution in [0.3, 0.4) is 0 Å². The van der Waals surface area contributed by atoms with Crippen molar-refractivity contribution in [2.24, 2.45) is 18.9 Å². The second kappa shape index (κ2) is 7.82. The standard InChI is InChI=1S/C17H31N3/c1-4-11-18-17(13-16-10-12-20(3)19-16)15-8-6-14(5-2)7-9-15/h10,12,14-15,17-18H,4-9,11,13H2,1-3H3. The van der Waals surface area contributed by atoms with Crippen LogP contribution in [0.15, 0.2) is 12.3 Å². The predicted octanol–water partition coefficient (Wildman–Crippen LogP) is 3.55. The van der Waals surface area contributed by atoms with E-state index < -0.39 is 0 Å². The van der Waals surface area contributed by atoms with E-state index in [-0.39, 0.29) is 0 Å². The van der Waals surface area contributed by atoms with Crippen LogP contribution in [-0.2, 0) is 13.5 Å². The van der Waals surface area contributed by atoms with Gasteiger partial charge in [0.2, 0.25) is 0 Å². The van der Waals surface area contributed by atoms with Crippen LogP contribution in [0, 0.1) is 11.8 Å². The second-order valence-corrected chi connectivity index (χ2v) is 6.43. The largest absolute Gasteiger partial charge is 0.313 e. The number of aromatic nitrogens is 2. The average molecular weight is 277 g/mol. The van der Waals surface area contributed by atoms with Gasteiger partial charge in [-0.1, -0.05) is 33.1 Å². The molecular formula is C17H31N3. The van der Waals surface area contributed by atoms with Crippen molar-refractivity contribution in [1.29, 1.82) is 0 Å². The zero-order valence-corrected chi connectivity index (χ0v) is 13.4. The summed E-state index contributed by atoms with van der Waals surface area (Å²) in [7, 11) is 2.00. The Bertz CT molecular complexity index is 377. The lowest BCUT2D eigenvalue weighted by Gasteiger charge is -2.34. The van der Waals surface area contributed by atoms with Crippen LogP contribution in [0.1, 0.15) is 58.1 Å². The number of hydrogen-bond acceptors (Lipinski definition) is 2. The van der Waals surface area contributed by atoms with Gasteiger partial charge in [0.25, 0.3) is 0 Å². The van der Waals surface area contributed by atoms with Crippen molar-refractivity contribution in [1.82, 2.24) is 15.1 Å². The summed E-state index contributed by atoms with van der Waals surface area (Å²) >= 11 is 0. The summed E-state index contributed by atoms with van der Waals surface area (Å²) in [6.07, 6.45) is 11.4. The van der Waals surface area contributed by atoms with E-state index in [1.807, 2.05) is 11.7 Å². The highest BCUT2D eigenvalue weighted by Crippen LogP contribution is 2.33. The van der Waals surface area contributed by atoms with Crippen molar-refractivity contribution in [3.8, 4) is 0 Å². The molecule has 0 bridgehead atoms. The number of rotatable bonds is 7. The van der Waals surface area contributed by atoms with Gasteiger partial charge in [-0.3, -0.25) is 4.68 Å². The van der Waals surface area contributed by atoms with Crippen molar-refractivity contribution in [2.75, 3.05) is 6.54 Å². The predicted molar refractivity (Wildman–Crippen MR) is 84.7 cm³/mol. The van der Waals surface area contributed by atoms with E-state index in [4.69, 9.17) is 0 Å². The van der Waals surface area contributed by atoms with E-state index in [1.165, 1.54) is 44.2 Å². The summed E-state index contributed by atoms with van der Waals surface area (Å²) in [6, 6.07) is 2.78. The maximum atomic E-state index is 4.56. The molecule has 1 fully saturated rings. The Labute approximate surface area is 124 Å². The lowest BCUT2D eigenvalue weighted by atomic mass is 9.76. The Hall–Kier alpha value is -0.830. The fourth-order valence-electron chi connectivity index (χ4n) is 3.53. The molecule has 1 aliphatic carbocycles. The molecule has 2 rings (SSSR count). The fourth-order valence-corrected chi connectivity index (χ4v) is 3.53. The van der Waals surface area contributed by atoms with Crippen LogP contribution >= 0.6 is 0 Å². The number of nitrogens with one attached hydrogen (secondary N) is 1. The summed E-state index contributed by atoms with van der Waals surface area (Å²) in [6.45, 7) is 5.72. The molecule has 1 aromatic heterocycles. The summed E-state index contributed by atoms with van der Waals surface area (Å²) in [5.41, 5.74) is 1.23. The number of aryl methyl sites for hydroxylation is 1. The van der Waals surface area contributed by atoms with Crippen molar-refractivity contribution < 1.29 is 0 Å². The van der Waals surface area contributed by atoms with Gasteiger partial charge in [0.1, 0.15) is 0 Å². The van der Waals surface area contributed by atoms with Crippen LogP contribution in [-0.4, -0.2) is 22.4 Å². The fraction of sp³-hybridized carbons (Fsp3) is 0.824. The lowest BCUT2D eigenvalue weighted by molar-refractivity contribution is 0.216. The first-order chi connectivity index (χ1) is 9.72. The van der Waals surface area contributed by atoms with Crippen molar-refractivity contribution in [2.45, 2.75) is 64.8 Å². The highest BCUT2D eigenvalue weighted by Gasteiger charge is 2.27. The molecule has 1 atom stereocenters. The Morgan fingerprint density at radius 3 is 2.60 bits per heavy atom. The monoisotopic (exact) mass is 277 g/mol. The highest BCUT2D eigenvalue weighted by molar-refractivity contribution is 5.02. The molecule has 3 heteroatoms. The molecule has 1 heterocycles. The molecule has 1 N–H and O–H groups in total. The minimum absolute atomic E-state index is 0.614. The maximum Gasteiger partial charge on any atom is 0.0640 e. The van der Waals surface area contributed by atoms with Gasteiger partial charge < -0.3 is 5.32 Å². The minimum Gasteiger partial charge on any atom is -0.313 e. The third kappa shape index (κ3) is 4.34. The Morgan fingerprint density at radius 1 is 1.30 bits per heavy atom. The average Bonchev–Trinajstić information content (AvgIpc) is 2.89. The van der Waals surface area contributed by atoms with Gasteiger partial charge in [0.05, 0.1) is 5.69 Å². The summed E-state index contributed by atoms with van der Waals surface area (Å²) in [5, 5.41) is 8.34. The summed E-state index contributed by atoms with van der Waals surface area (Å²) in [5.74, 6) is 1.82. The van der Waals surface area contributed by atoms with Crippen LogP contribution in [0.4, 0.5) is 0 Å². The van der Waals surface area contributed by atoms with E-state index in [2.05, 4.69) is 36.5 Å². The maximum absolute atomic E-state index is 4.56. The van der Waals surface area contributed by atoms with E-state index >= 15 is 0 Å². The van der Waals surface area contributed by atoms with Gasteiger partial charge in [-0.05, 0) is 43.7 Å². The second-order valence-electron chi connectivity index (χ2n) is 6.43. The molecular weight excluding hydrogens is 246 g/mol. The molecule has 1 unspecified atom stereocenters. The topological polar surface area (TPSA) is 29.9 Å². The van der Waals surface area contributed by atoms with Gasteiger partial charge in [0, 0.05) is 25.7 Å².